The Hall–Kier alpha value is -1.42. The van der Waals surface area contributed by atoms with Gasteiger partial charge < -0.3 is 10.6 Å². The molecule has 1 aliphatic heterocycles. The molecule has 0 aromatic carbocycles. The fourth-order valence-electron chi connectivity index (χ4n) is 2.20. The molecular formula is C13H19N3O. The van der Waals surface area contributed by atoms with Gasteiger partial charge in [-0.2, -0.15) is 0 Å². The number of nitrogens with zero attached hydrogens (tertiary/aromatic N) is 1. The second-order valence-corrected chi connectivity index (χ2v) is 4.69. The highest BCUT2D eigenvalue weighted by Gasteiger charge is 2.23. The van der Waals surface area contributed by atoms with Gasteiger partial charge in [0.1, 0.15) is 0 Å². The van der Waals surface area contributed by atoms with E-state index in [0.29, 0.717) is 11.5 Å². The molecule has 2 rings (SSSR count). The maximum absolute atomic E-state index is 12.1. The summed E-state index contributed by atoms with van der Waals surface area (Å²) >= 11 is 0. The van der Waals surface area contributed by atoms with Gasteiger partial charge in [-0.25, -0.2) is 0 Å². The van der Waals surface area contributed by atoms with Crippen LogP contribution in [0.3, 0.4) is 0 Å². The summed E-state index contributed by atoms with van der Waals surface area (Å²) in [6, 6.07) is 3.89. The Balaban J connectivity index is 2.04. The Bertz CT molecular complexity index is 405. The molecule has 4 nitrogen and oxygen atoms in total. The lowest BCUT2D eigenvalue weighted by Crippen LogP contribution is -2.48. The smallest absolute Gasteiger partial charge is 0.253 e. The van der Waals surface area contributed by atoms with Crippen molar-refractivity contribution < 1.29 is 4.79 Å². The summed E-state index contributed by atoms with van der Waals surface area (Å²) in [6.45, 7) is 5.96. The van der Waals surface area contributed by atoms with Crippen molar-refractivity contribution in [1.29, 1.82) is 0 Å². The minimum absolute atomic E-state index is 0.00523. The molecule has 17 heavy (non-hydrogen) atoms. The standard InChI is InChI=1S/C13H19N3O/c1-9-8-14-7-5-12(9)16-13(17)11-4-3-6-15-10(11)2/h3-4,6,9,12,14H,5,7-8H2,1-2H3,(H,16,17). The minimum atomic E-state index is -0.00523. The molecule has 1 aromatic heterocycles. The molecule has 0 bridgehead atoms. The van der Waals surface area contributed by atoms with Crippen LogP contribution >= 0.6 is 0 Å². The number of pyridine rings is 1. The van der Waals surface area contributed by atoms with Crippen molar-refractivity contribution in [3.05, 3.63) is 29.6 Å². The first-order valence-corrected chi connectivity index (χ1v) is 6.11. The van der Waals surface area contributed by atoms with Gasteiger partial charge in [0, 0.05) is 17.9 Å². The lowest BCUT2D eigenvalue weighted by atomic mass is 9.95. The number of rotatable bonds is 2. The van der Waals surface area contributed by atoms with Crippen molar-refractivity contribution in [3.63, 3.8) is 0 Å². The lowest BCUT2D eigenvalue weighted by molar-refractivity contribution is 0.0913. The van der Waals surface area contributed by atoms with E-state index < -0.39 is 0 Å². The first-order valence-electron chi connectivity index (χ1n) is 6.11. The van der Waals surface area contributed by atoms with Gasteiger partial charge in [-0.05, 0) is 44.5 Å². The number of carbonyl (C=O) groups is 1. The fourth-order valence-corrected chi connectivity index (χ4v) is 2.20. The van der Waals surface area contributed by atoms with E-state index in [1.54, 1.807) is 12.3 Å². The molecular weight excluding hydrogens is 214 g/mol. The van der Waals surface area contributed by atoms with Gasteiger partial charge in [0.2, 0.25) is 0 Å². The predicted octanol–water partition coefficient (Wildman–Crippen LogP) is 1.12. The molecule has 2 N–H and O–H groups in total. The largest absolute Gasteiger partial charge is 0.349 e. The second-order valence-electron chi connectivity index (χ2n) is 4.69. The van der Waals surface area contributed by atoms with Crippen LogP contribution in [0.25, 0.3) is 0 Å². The molecule has 1 fully saturated rings. The molecule has 1 aromatic rings. The van der Waals surface area contributed by atoms with Crippen LogP contribution < -0.4 is 10.6 Å². The SMILES string of the molecule is Cc1ncccc1C(=O)NC1CCNCC1C. The third kappa shape index (κ3) is 2.82. The molecule has 4 heteroatoms. The molecule has 1 amide bonds. The molecule has 0 spiro atoms. The van der Waals surface area contributed by atoms with Crippen LogP contribution in [0.1, 0.15) is 29.4 Å². The number of piperidine rings is 1. The number of nitrogens with one attached hydrogen (secondary N) is 2. The second kappa shape index (κ2) is 5.27. The van der Waals surface area contributed by atoms with Crippen molar-refractivity contribution in [2.75, 3.05) is 13.1 Å². The van der Waals surface area contributed by atoms with E-state index in [0.717, 1.165) is 25.2 Å². The van der Waals surface area contributed by atoms with Gasteiger partial charge in [0.25, 0.3) is 5.91 Å². The zero-order valence-corrected chi connectivity index (χ0v) is 10.4. The van der Waals surface area contributed by atoms with Gasteiger partial charge in [-0.3, -0.25) is 9.78 Å². The quantitative estimate of drug-likeness (QED) is 0.805. The monoisotopic (exact) mass is 233 g/mol. The first-order chi connectivity index (χ1) is 8.18. The summed E-state index contributed by atoms with van der Waals surface area (Å²) in [5, 5.41) is 6.43. The van der Waals surface area contributed by atoms with Gasteiger partial charge in [-0.1, -0.05) is 6.92 Å². The van der Waals surface area contributed by atoms with E-state index in [9.17, 15) is 4.79 Å². The Morgan fingerprint density at radius 2 is 2.41 bits per heavy atom. The van der Waals surface area contributed by atoms with Crippen molar-refractivity contribution in [1.82, 2.24) is 15.6 Å². The first kappa shape index (κ1) is 12.0. The van der Waals surface area contributed by atoms with Gasteiger partial charge >= 0.3 is 0 Å². The molecule has 1 saturated heterocycles. The van der Waals surface area contributed by atoms with Crippen molar-refractivity contribution in [2.24, 2.45) is 5.92 Å². The van der Waals surface area contributed by atoms with E-state index in [-0.39, 0.29) is 11.9 Å². The molecule has 2 heterocycles. The molecule has 1 aliphatic rings. The Labute approximate surface area is 102 Å². The van der Waals surface area contributed by atoms with Gasteiger partial charge in [0.05, 0.1) is 5.56 Å². The maximum Gasteiger partial charge on any atom is 0.253 e. The zero-order chi connectivity index (χ0) is 12.3. The molecule has 2 unspecified atom stereocenters. The van der Waals surface area contributed by atoms with Crippen molar-refractivity contribution in [3.8, 4) is 0 Å². The van der Waals surface area contributed by atoms with E-state index >= 15 is 0 Å². The lowest BCUT2D eigenvalue weighted by Gasteiger charge is -2.30. The van der Waals surface area contributed by atoms with E-state index in [1.807, 2.05) is 13.0 Å². The molecule has 92 valence electrons. The van der Waals surface area contributed by atoms with Crippen LogP contribution in [0.15, 0.2) is 18.3 Å². The summed E-state index contributed by atoms with van der Waals surface area (Å²) in [5.41, 5.74) is 1.46. The number of hydrogen-bond donors (Lipinski definition) is 2. The number of amides is 1. The fraction of sp³-hybridized carbons (Fsp3) is 0.538. The van der Waals surface area contributed by atoms with Crippen LogP contribution in [0, 0.1) is 12.8 Å². The third-order valence-electron chi connectivity index (χ3n) is 3.35. The third-order valence-corrected chi connectivity index (χ3v) is 3.35. The van der Waals surface area contributed by atoms with Crippen LogP contribution in [0.4, 0.5) is 0 Å². The van der Waals surface area contributed by atoms with Gasteiger partial charge in [-0.15, -0.1) is 0 Å². The Kier molecular flexibility index (Phi) is 3.74. The molecule has 2 atom stereocenters. The van der Waals surface area contributed by atoms with Crippen LogP contribution in [0.5, 0.6) is 0 Å². The normalized spacial score (nSPS) is 24.4. The van der Waals surface area contributed by atoms with Crippen molar-refractivity contribution in [2.45, 2.75) is 26.3 Å². The minimum Gasteiger partial charge on any atom is -0.349 e. The van der Waals surface area contributed by atoms with Crippen molar-refractivity contribution >= 4 is 5.91 Å². The van der Waals surface area contributed by atoms with Crippen LogP contribution in [0.2, 0.25) is 0 Å². The van der Waals surface area contributed by atoms with E-state index in [1.165, 1.54) is 0 Å². The molecule has 0 saturated carbocycles. The predicted molar refractivity (Wildman–Crippen MR) is 66.9 cm³/mol. The molecule has 0 aliphatic carbocycles. The molecule has 0 radical (unpaired) electrons. The van der Waals surface area contributed by atoms with E-state index in [4.69, 9.17) is 0 Å². The number of aromatic nitrogens is 1. The summed E-state index contributed by atoms with van der Waals surface area (Å²) in [6.07, 6.45) is 2.70. The maximum atomic E-state index is 12.1. The van der Waals surface area contributed by atoms with Gasteiger partial charge in [0.15, 0.2) is 0 Å². The zero-order valence-electron chi connectivity index (χ0n) is 10.4. The highest BCUT2D eigenvalue weighted by atomic mass is 16.1. The topological polar surface area (TPSA) is 54.0 Å². The highest BCUT2D eigenvalue weighted by molar-refractivity contribution is 5.95. The number of hydrogen-bond acceptors (Lipinski definition) is 3. The van der Waals surface area contributed by atoms with Crippen LogP contribution in [-0.4, -0.2) is 30.0 Å². The average Bonchev–Trinajstić information content (AvgIpc) is 2.32. The summed E-state index contributed by atoms with van der Waals surface area (Å²) < 4.78 is 0. The summed E-state index contributed by atoms with van der Waals surface area (Å²) in [5.74, 6) is 0.471. The Morgan fingerprint density at radius 1 is 1.59 bits per heavy atom. The number of carbonyl (C=O) groups excluding carboxylic acids is 1. The average molecular weight is 233 g/mol. The van der Waals surface area contributed by atoms with Crippen LogP contribution in [-0.2, 0) is 0 Å². The highest BCUT2D eigenvalue weighted by Crippen LogP contribution is 2.12. The number of aryl methyl sites for hydroxylation is 1. The van der Waals surface area contributed by atoms with E-state index in [2.05, 4.69) is 22.5 Å². The Morgan fingerprint density at radius 3 is 3.12 bits per heavy atom. The summed E-state index contributed by atoms with van der Waals surface area (Å²) in [4.78, 5) is 16.2. The summed E-state index contributed by atoms with van der Waals surface area (Å²) in [7, 11) is 0.